The first-order chi connectivity index (χ1) is 14.7. The Morgan fingerprint density at radius 1 is 0.767 bits per heavy atom. The summed E-state index contributed by atoms with van der Waals surface area (Å²) in [4.78, 5) is 12.7. The fourth-order valence-electron chi connectivity index (χ4n) is 4.41. The monoisotopic (exact) mass is 399 g/mol. The highest BCUT2D eigenvalue weighted by Crippen LogP contribution is 2.48. The Morgan fingerprint density at radius 2 is 1.37 bits per heavy atom. The molecule has 152 valence electrons. The smallest absolute Gasteiger partial charge is 0.305 e. The first-order valence-electron chi connectivity index (χ1n) is 10.7. The van der Waals surface area contributed by atoms with Crippen molar-refractivity contribution in [3.05, 3.63) is 90.0 Å². The molecule has 0 unspecified atom stereocenters. The van der Waals surface area contributed by atoms with Crippen molar-refractivity contribution in [2.24, 2.45) is 5.92 Å². The summed E-state index contributed by atoms with van der Waals surface area (Å²) >= 11 is 0. The molecular formula is C26H25NO3. The van der Waals surface area contributed by atoms with Gasteiger partial charge in [0.25, 0.3) is 0 Å². The van der Waals surface area contributed by atoms with Crippen LogP contribution in [0.1, 0.15) is 43.2 Å². The number of carbonyl (C=O) groups excluding carboxylic acids is 1. The third-order valence-electron chi connectivity index (χ3n) is 6.00. The fraction of sp³-hybridized carbons (Fsp3) is 0.269. The third kappa shape index (κ3) is 3.43. The maximum absolute atomic E-state index is 12.7. The lowest BCUT2D eigenvalue weighted by Crippen LogP contribution is -2.36. The molecule has 1 N–H and O–H groups in total. The van der Waals surface area contributed by atoms with E-state index >= 15 is 0 Å². The minimum atomic E-state index is -1.04. The second kappa shape index (κ2) is 7.86. The zero-order valence-electron chi connectivity index (χ0n) is 16.8. The standard InChI is InChI=1S/C26H25NO3/c28-25(19-10-4-1-5-11-19)27-22-16-17-23-24(18-22)30-26(29-23,20-12-6-2-7-13-20)21-14-8-3-9-15-21/h2-3,6-9,12-19H,1,4-5,10-11H2,(H,27,28). The van der Waals surface area contributed by atoms with Gasteiger partial charge < -0.3 is 14.8 Å². The molecule has 1 aliphatic carbocycles. The van der Waals surface area contributed by atoms with Crippen LogP contribution in [0.5, 0.6) is 11.5 Å². The molecule has 0 radical (unpaired) electrons. The number of hydrogen-bond acceptors (Lipinski definition) is 3. The maximum atomic E-state index is 12.7. The van der Waals surface area contributed by atoms with Gasteiger partial charge in [-0.05, 0) is 25.0 Å². The van der Waals surface area contributed by atoms with Gasteiger partial charge in [0, 0.05) is 28.8 Å². The molecule has 1 heterocycles. The molecule has 3 aromatic rings. The van der Waals surface area contributed by atoms with Crippen molar-refractivity contribution in [2.45, 2.75) is 37.9 Å². The van der Waals surface area contributed by atoms with Crippen LogP contribution in [0.4, 0.5) is 5.69 Å². The molecule has 0 bridgehead atoms. The van der Waals surface area contributed by atoms with Gasteiger partial charge in [-0.25, -0.2) is 0 Å². The van der Waals surface area contributed by atoms with Crippen molar-refractivity contribution in [1.82, 2.24) is 0 Å². The third-order valence-corrected chi connectivity index (χ3v) is 6.00. The van der Waals surface area contributed by atoms with Gasteiger partial charge >= 0.3 is 5.79 Å². The Balaban J connectivity index is 1.44. The quantitative estimate of drug-likeness (QED) is 0.596. The molecule has 1 aliphatic heterocycles. The van der Waals surface area contributed by atoms with E-state index in [1.54, 1.807) is 0 Å². The van der Waals surface area contributed by atoms with Crippen molar-refractivity contribution in [2.75, 3.05) is 5.32 Å². The largest absolute Gasteiger partial charge is 0.440 e. The fourth-order valence-corrected chi connectivity index (χ4v) is 4.41. The van der Waals surface area contributed by atoms with E-state index in [2.05, 4.69) is 5.32 Å². The van der Waals surface area contributed by atoms with Crippen LogP contribution >= 0.6 is 0 Å². The molecular weight excluding hydrogens is 374 g/mol. The van der Waals surface area contributed by atoms with Crippen molar-refractivity contribution in [3.8, 4) is 11.5 Å². The topological polar surface area (TPSA) is 47.6 Å². The summed E-state index contributed by atoms with van der Waals surface area (Å²) in [6, 6.07) is 25.5. The Bertz CT molecular complexity index is 987. The Labute approximate surface area is 176 Å². The molecule has 4 heteroatoms. The Kier molecular flexibility index (Phi) is 4.91. The van der Waals surface area contributed by atoms with Gasteiger partial charge in [0.15, 0.2) is 11.5 Å². The molecule has 0 aromatic heterocycles. The summed E-state index contributed by atoms with van der Waals surface area (Å²) < 4.78 is 12.9. The Hall–Kier alpha value is -3.27. The van der Waals surface area contributed by atoms with Crippen LogP contribution in [-0.4, -0.2) is 5.91 Å². The Morgan fingerprint density at radius 3 is 2.00 bits per heavy atom. The highest BCUT2D eigenvalue weighted by molar-refractivity contribution is 5.93. The lowest BCUT2D eigenvalue weighted by molar-refractivity contribution is -0.120. The number of fused-ring (bicyclic) bond motifs is 1. The highest BCUT2D eigenvalue weighted by Gasteiger charge is 2.45. The first-order valence-corrected chi connectivity index (χ1v) is 10.7. The van der Waals surface area contributed by atoms with Crippen LogP contribution in [0.15, 0.2) is 78.9 Å². The van der Waals surface area contributed by atoms with Crippen LogP contribution in [0.2, 0.25) is 0 Å². The summed E-state index contributed by atoms with van der Waals surface area (Å²) in [7, 11) is 0. The molecule has 2 aliphatic rings. The summed E-state index contributed by atoms with van der Waals surface area (Å²) in [5.74, 6) is 0.460. The second-order valence-electron chi connectivity index (χ2n) is 8.04. The summed E-state index contributed by atoms with van der Waals surface area (Å²) in [6.45, 7) is 0. The van der Waals surface area contributed by atoms with Gasteiger partial charge in [0.1, 0.15) is 0 Å². The van der Waals surface area contributed by atoms with E-state index in [4.69, 9.17) is 9.47 Å². The predicted molar refractivity (Wildman–Crippen MR) is 117 cm³/mol. The number of hydrogen-bond donors (Lipinski definition) is 1. The molecule has 0 atom stereocenters. The predicted octanol–water partition coefficient (Wildman–Crippen LogP) is 5.88. The molecule has 0 spiro atoms. The van der Waals surface area contributed by atoms with E-state index in [1.807, 2.05) is 78.9 Å². The van der Waals surface area contributed by atoms with E-state index in [1.165, 1.54) is 6.42 Å². The van der Waals surface area contributed by atoms with Gasteiger partial charge in [-0.15, -0.1) is 0 Å². The number of benzene rings is 3. The van der Waals surface area contributed by atoms with Crippen molar-refractivity contribution in [3.63, 3.8) is 0 Å². The van der Waals surface area contributed by atoms with Crippen molar-refractivity contribution >= 4 is 11.6 Å². The lowest BCUT2D eigenvalue weighted by atomic mass is 9.88. The minimum absolute atomic E-state index is 0.103. The number of carbonyl (C=O) groups is 1. The number of amides is 1. The van der Waals surface area contributed by atoms with Gasteiger partial charge in [-0.2, -0.15) is 0 Å². The molecule has 1 fully saturated rings. The van der Waals surface area contributed by atoms with Crippen LogP contribution in [0.3, 0.4) is 0 Å². The first kappa shape index (κ1) is 18.7. The van der Waals surface area contributed by atoms with Gasteiger partial charge in [-0.1, -0.05) is 79.9 Å². The maximum Gasteiger partial charge on any atom is 0.305 e. The lowest BCUT2D eigenvalue weighted by Gasteiger charge is -2.28. The van der Waals surface area contributed by atoms with Gasteiger partial charge in [-0.3, -0.25) is 4.79 Å². The van der Waals surface area contributed by atoms with Crippen molar-refractivity contribution < 1.29 is 14.3 Å². The van der Waals surface area contributed by atoms with E-state index in [0.717, 1.165) is 42.5 Å². The zero-order valence-corrected chi connectivity index (χ0v) is 16.8. The number of anilines is 1. The highest BCUT2D eigenvalue weighted by atomic mass is 16.7. The normalized spacial score (nSPS) is 17.5. The average molecular weight is 399 g/mol. The van der Waals surface area contributed by atoms with Crippen LogP contribution < -0.4 is 14.8 Å². The van der Waals surface area contributed by atoms with Crippen LogP contribution in [0.25, 0.3) is 0 Å². The van der Waals surface area contributed by atoms with E-state index in [-0.39, 0.29) is 11.8 Å². The molecule has 3 aromatic carbocycles. The van der Waals surface area contributed by atoms with E-state index in [0.29, 0.717) is 11.5 Å². The molecule has 5 rings (SSSR count). The summed E-state index contributed by atoms with van der Waals surface area (Å²) in [5, 5.41) is 3.07. The average Bonchev–Trinajstić information content (AvgIpc) is 3.21. The molecule has 1 saturated carbocycles. The molecule has 0 saturated heterocycles. The van der Waals surface area contributed by atoms with Crippen LogP contribution in [0, 0.1) is 5.92 Å². The van der Waals surface area contributed by atoms with Gasteiger partial charge in [0.2, 0.25) is 5.91 Å². The molecule has 4 nitrogen and oxygen atoms in total. The van der Waals surface area contributed by atoms with E-state index < -0.39 is 5.79 Å². The van der Waals surface area contributed by atoms with Crippen LogP contribution in [-0.2, 0) is 10.6 Å². The number of nitrogens with one attached hydrogen (secondary N) is 1. The second-order valence-corrected chi connectivity index (χ2v) is 8.04. The minimum Gasteiger partial charge on any atom is -0.440 e. The van der Waals surface area contributed by atoms with Crippen molar-refractivity contribution in [1.29, 1.82) is 0 Å². The summed E-state index contributed by atoms with van der Waals surface area (Å²) in [5.41, 5.74) is 2.57. The number of ether oxygens (including phenoxy) is 2. The van der Waals surface area contributed by atoms with E-state index in [9.17, 15) is 4.79 Å². The van der Waals surface area contributed by atoms with Gasteiger partial charge in [0.05, 0.1) is 0 Å². The molecule has 30 heavy (non-hydrogen) atoms. The zero-order chi connectivity index (χ0) is 20.4. The molecule has 1 amide bonds. The summed E-state index contributed by atoms with van der Waals surface area (Å²) in [6.07, 6.45) is 5.45. The number of rotatable bonds is 4. The SMILES string of the molecule is O=C(Nc1ccc2c(c1)OC(c1ccccc1)(c1ccccc1)O2)C1CCCCC1.